The number of alkyl halides is 6. The Morgan fingerprint density at radius 1 is 0.767 bits per heavy atom. The molecule has 0 aliphatic carbocycles. The van der Waals surface area contributed by atoms with Gasteiger partial charge in [0, 0.05) is 22.6 Å². The largest absolute Gasteiger partial charge is 0.999 e. The van der Waals surface area contributed by atoms with Gasteiger partial charge in [0.05, 0.1) is 11.1 Å². The van der Waals surface area contributed by atoms with E-state index in [0.29, 0.717) is 23.9 Å². The van der Waals surface area contributed by atoms with Crippen molar-refractivity contribution in [3.05, 3.63) is 156 Å². The topological polar surface area (TPSA) is 29.1 Å². The maximum atomic E-state index is 13.3. The van der Waals surface area contributed by atoms with Gasteiger partial charge in [0.1, 0.15) is 0 Å². The van der Waals surface area contributed by atoms with Crippen LogP contribution < -0.4 is 15.9 Å². The molecule has 0 aromatic heterocycles. The van der Waals surface area contributed by atoms with Gasteiger partial charge in [0.2, 0.25) is 5.91 Å². The molecule has 0 heterocycles. The van der Waals surface area contributed by atoms with E-state index in [4.69, 9.17) is 0 Å². The summed E-state index contributed by atoms with van der Waals surface area (Å²) < 4.78 is 79.9. The van der Waals surface area contributed by atoms with Crippen molar-refractivity contribution in [3.63, 3.8) is 0 Å². The van der Waals surface area contributed by atoms with Gasteiger partial charge >= 0.3 is 12.4 Å². The minimum Gasteiger partial charge on any atom is -0.999 e. The third-order valence-electron chi connectivity index (χ3n) is 5.81. The van der Waals surface area contributed by atoms with Gasteiger partial charge in [0.15, 0.2) is 0 Å². The molecule has 0 aliphatic heterocycles. The minimum absolute atomic E-state index is 0. The quantitative estimate of drug-likeness (QED) is 0.0893. The summed E-state index contributed by atoms with van der Waals surface area (Å²) in [6.45, 7) is 0. The van der Waals surface area contributed by atoms with Crippen LogP contribution in [-0.2, 0) is 29.4 Å². The van der Waals surface area contributed by atoms with E-state index < -0.39 is 48.9 Å². The number of carbonyl (C=O) groups is 1. The molecule has 0 fully saturated rings. The van der Waals surface area contributed by atoms with Crippen LogP contribution in [0.3, 0.4) is 0 Å². The van der Waals surface area contributed by atoms with Crippen molar-refractivity contribution >= 4 is 24.4 Å². The van der Waals surface area contributed by atoms with Crippen LogP contribution in [0.5, 0.6) is 0 Å². The molecule has 1 atom stereocenters. The van der Waals surface area contributed by atoms with Crippen molar-refractivity contribution in [2.75, 3.05) is 6.16 Å². The molecule has 2 nitrogen and oxygen atoms in total. The molecular weight excluding hydrogens is 627 g/mol. The second kappa shape index (κ2) is 15.2. The molecular formula is C33H18F6FeNOP-10. The summed E-state index contributed by atoms with van der Waals surface area (Å²) >= 11 is 0. The molecule has 0 bridgehead atoms. The predicted molar refractivity (Wildman–Crippen MR) is 145 cm³/mol. The van der Waals surface area contributed by atoms with Crippen molar-refractivity contribution < 1.29 is 48.2 Å². The molecule has 1 N–H and O–H groups in total. The fraction of sp³-hybridized carbons (Fsp3) is 0.121. The van der Waals surface area contributed by atoms with Gasteiger partial charge < -0.3 is 65.5 Å². The van der Waals surface area contributed by atoms with Gasteiger partial charge in [-0.25, -0.2) is 0 Å². The molecule has 0 unspecified atom stereocenters. The molecule has 1 amide bonds. The normalized spacial score (nSPS) is 12.1. The fourth-order valence-corrected chi connectivity index (χ4v) is 6.30. The Labute approximate surface area is 257 Å². The van der Waals surface area contributed by atoms with E-state index in [1.54, 1.807) is 6.07 Å². The molecule has 226 valence electrons. The molecule has 43 heavy (non-hydrogen) atoms. The molecule has 5 aromatic carbocycles. The molecule has 0 saturated carbocycles. The Bertz CT molecular complexity index is 1430. The second-order valence-electron chi connectivity index (χ2n) is 8.70. The van der Waals surface area contributed by atoms with E-state index >= 15 is 0 Å². The van der Waals surface area contributed by atoms with E-state index in [0.717, 1.165) is 10.6 Å². The first-order chi connectivity index (χ1) is 20.0. The third-order valence-corrected chi connectivity index (χ3v) is 8.39. The molecule has 5 rings (SSSR count). The summed E-state index contributed by atoms with van der Waals surface area (Å²) in [4.78, 5) is 13.1. The van der Waals surface area contributed by atoms with Crippen LogP contribution in [-0.4, -0.2) is 12.1 Å². The van der Waals surface area contributed by atoms with Gasteiger partial charge in [-0.05, 0) is 42.9 Å². The second-order valence-corrected chi connectivity index (χ2v) is 11.0. The van der Waals surface area contributed by atoms with Crippen molar-refractivity contribution in [1.82, 2.24) is 5.32 Å². The van der Waals surface area contributed by atoms with Crippen molar-refractivity contribution in [2.45, 2.75) is 18.4 Å². The average Bonchev–Trinajstić information content (AvgIpc) is 3.73. The van der Waals surface area contributed by atoms with E-state index in [1.165, 1.54) is 0 Å². The fourth-order valence-electron chi connectivity index (χ4n) is 3.88. The Balaban J connectivity index is 0.000000765. The summed E-state index contributed by atoms with van der Waals surface area (Å²) in [5, 5.41) is 4.55. The Kier molecular flexibility index (Phi) is 12.0. The van der Waals surface area contributed by atoms with E-state index in [9.17, 15) is 31.1 Å². The first-order valence-corrected chi connectivity index (χ1v) is 13.7. The summed E-state index contributed by atoms with van der Waals surface area (Å²) in [6.07, 6.45) is -9.84. The summed E-state index contributed by atoms with van der Waals surface area (Å²) in [5.74, 6) is -1.08. The number of benzene rings is 3. The molecule has 0 saturated heterocycles. The summed E-state index contributed by atoms with van der Waals surface area (Å²) in [6, 6.07) is 41.6. The Morgan fingerprint density at radius 2 is 1.23 bits per heavy atom. The van der Waals surface area contributed by atoms with Gasteiger partial charge in [-0.1, -0.05) is 60.7 Å². The third kappa shape index (κ3) is 9.69. The Morgan fingerprint density at radius 3 is 1.63 bits per heavy atom. The standard InChI is InChI=1S/C28H17F6NOP.C5H.Fe/c29-27(30,31)21-15-20(16-22(17-21)28(32,33)34)26(36)35-25(19-9-7-8-10-19)18-37(23-11-3-1-4-12-23)24-13-5-2-6-14-24;1-2-4-5-3-1;/h1-6,11-17,25H,18H2,(H,35,36);1H;/q2*-5;/t25-;;/m1../s1. The summed E-state index contributed by atoms with van der Waals surface area (Å²) in [5.41, 5.74) is -3.54. The monoisotopic (exact) mass is 645 g/mol. The van der Waals surface area contributed by atoms with Crippen molar-refractivity contribution in [3.8, 4) is 0 Å². The number of hydrogen-bond donors (Lipinski definition) is 1. The SMILES string of the molecule is O=C(N[C@H](CP(c1ccccc1)c1ccccc1)[c-]1[c-][c-][c-][c-]1)c1cc(C(F)(F)F)cc(C(F)(F)F)c1.[Fe].[c-]1[c-][c-][cH-][c-]1. The van der Waals surface area contributed by atoms with Crippen LogP contribution in [0.2, 0.25) is 0 Å². The zero-order valence-corrected chi connectivity index (χ0v) is 23.8. The van der Waals surface area contributed by atoms with Crippen LogP contribution in [0.4, 0.5) is 26.3 Å². The van der Waals surface area contributed by atoms with E-state index in [1.807, 2.05) is 60.7 Å². The molecule has 5 aromatic rings. The summed E-state index contributed by atoms with van der Waals surface area (Å²) in [7, 11) is -1.09. The van der Waals surface area contributed by atoms with E-state index in [-0.39, 0.29) is 23.1 Å². The first kappa shape index (κ1) is 33.9. The van der Waals surface area contributed by atoms with E-state index in [2.05, 4.69) is 53.8 Å². The van der Waals surface area contributed by atoms with Gasteiger partial charge in [0.25, 0.3) is 0 Å². The number of amides is 1. The smallest absolute Gasteiger partial charge is 0.416 e. The van der Waals surface area contributed by atoms with Crippen LogP contribution in [0.1, 0.15) is 33.1 Å². The van der Waals surface area contributed by atoms with Crippen LogP contribution >= 0.6 is 7.92 Å². The molecule has 0 aliphatic rings. The van der Waals surface area contributed by atoms with Gasteiger partial charge in [-0.3, -0.25) is 4.79 Å². The van der Waals surface area contributed by atoms with Gasteiger partial charge in [-0.15, -0.1) is 6.04 Å². The molecule has 10 heteroatoms. The van der Waals surface area contributed by atoms with Crippen molar-refractivity contribution in [1.29, 1.82) is 0 Å². The number of halogens is 6. The predicted octanol–water partition coefficient (Wildman–Crippen LogP) is 6.85. The average molecular weight is 645 g/mol. The first-order valence-electron chi connectivity index (χ1n) is 12.2. The number of nitrogens with one attached hydrogen (secondary N) is 1. The maximum Gasteiger partial charge on any atom is 0.416 e. The zero-order valence-electron chi connectivity index (χ0n) is 21.8. The molecule has 0 spiro atoms. The molecule has 0 radical (unpaired) electrons. The number of rotatable bonds is 7. The van der Waals surface area contributed by atoms with Crippen molar-refractivity contribution in [2.24, 2.45) is 0 Å². The zero-order chi connectivity index (χ0) is 30.2. The van der Waals surface area contributed by atoms with Crippen LogP contribution in [0, 0.1) is 48.5 Å². The minimum atomic E-state index is -5.07. The number of carbonyl (C=O) groups excluding carboxylic acids is 1. The number of hydrogen-bond acceptors (Lipinski definition) is 1. The Hall–Kier alpha value is -3.64. The van der Waals surface area contributed by atoms with Crippen LogP contribution in [0.15, 0.2) is 84.9 Å². The van der Waals surface area contributed by atoms with Gasteiger partial charge in [-0.2, -0.15) is 26.3 Å². The van der Waals surface area contributed by atoms with Crippen LogP contribution in [0.25, 0.3) is 0 Å². The maximum absolute atomic E-state index is 13.3.